The van der Waals surface area contributed by atoms with Crippen LogP contribution < -0.4 is 16.0 Å². The van der Waals surface area contributed by atoms with E-state index in [-0.39, 0.29) is 12.3 Å². The van der Waals surface area contributed by atoms with Crippen molar-refractivity contribution in [1.82, 2.24) is 16.0 Å². The summed E-state index contributed by atoms with van der Waals surface area (Å²) in [4.78, 5) is 51.5. The number of carbonyl (C=O) groups is 4. The maximum absolute atomic E-state index is 13.3. The first-order valence-corrected chi connectivity index (χ1v) is 15.2. The van der Waals surface area contributed by atoms with E-state index in [2.05, 4.69) is 16.0 Å². The van der Waals surface area contributed by atoms with Gasteiger partial charge in [0.1, 0.15) is 24.0 Å². The Morgan fingerprint density at radius 1 is 0.850 bits per heavy atom. The van der Waals surface area contributed by atoms with Crippen LogP contribution in [0.3, 0.4) is 0 Å². The van der Waals surface area contributed by atoms with Gasteiger partial charge in [0.05, 0.1) is 6.04 Å². The van der Waals surface area contributed by atoms with Crippen molar-refractivity contribution in [2.24, 2.45) is 17.8 Å². The topological polar surface area (TPSA) is 114 Å². The number of alkyl carbamates (subject to hydrolysis) is 1. The lowest BCUT2D eigenvalue weighted by Gasteiger charge is -2.41. The van der Waals surface area contributed by atoms with E-state index < -0.39 is 41.6 Å². The second-order valence-electron chi connectivity index (χ2n) is 12.7. The fraction of sp³-hybridized carbons (Fsp3) is 0.688. The zero-order valence-corrected chi connectivity index (χ0v) is 24.7. The van der Waals surface area contributed by atoms with Crippen LogP contribution in [0.4, 0.5) is 4.79 Å². The van der Waals surface area contributed by atoms with Crippen LogP contribution >= 0.6 is 0 Å². The van der Waals surface area contributed by atoms with Crippen molar-refractivity contribution < 1.29 is 23.9 Å². The summed E-state index contributed by atoms with van der Waals surface area (Å²) in [6.07, 6.45) is 12.0. The molecule has 222 valence electrons. The molecule has 0 unspecified atom stereocenters. The van der Waals surface area contributed by atoms with Crippen molar-refractivity contribution in [3.63, 3.8) is 0 Å². The van der Waals surface area contributed by atoms with Gasteiger partial charge in [0.25, 0.3) is 0 Å². The fourth-order valence-corrected chi connectivity index (χ4v) is 6.41. The minimum Gasteiger partial charge on any atom is -0.444 e. The van der Waals surface area contributed by atoms with Gasteiger partial charge in [0, 0.05) is 6.42 Å². The highest BCUT2D eigenvalue weighted by molar-refractivity contribution is 5.92. The Hall–Kier alpha value is -2.90. The van der Waals surface area contributed by atoms with E-state index >= 15 is 0 Å². The first-order valence-electron chi connectivity index (χ1n) is 15.2. The molecule has 40 heavy (non-hydrogen) atoms. The van der Waals surface area contributed by atoms with Gasteiger partial charge in [-0.1, -0.05) is 94.5 Å². The number of ether oxygens (including phenoxy) is 1. The zero-order chi connectivity index (χ0) is 29.1. The van der Waals surface area contributed by atoms with Crippen molar-refractivity contribution in [3.05, 3.63) is 35.9 Å². The third-order valence-electron chi connectivity index (χ3n) is 8.30. The number of carbonyl (C=O) groups excluding carboxylic acids is 4. The maximum Gasteiger partial charge on any atom is 0.408 e. The standard InChI is InChI=1S/C32H49N3O5/c1-22(33-30(38)26(20-23-14-8-5-9-15-23)35-31(39)40-32(2,3)4)29(37)34-27(21-36)28(24-16-10-6-11-17-24)25-18-12-7-13-19-25/h5,8-9,14-15,21-22,24-28H,6-7,10-13,16-20H2,1-4H3,(H,33,38)(H,34,37)(H,35,39)/t22-,26-,27+/m0/s1. The molecule has 0 spiro atoms. The fourth-order valence-electron chi connectivity index (χ4n) is 6.41. The summed E-state index contributed by atoms with van der Waals surface area (Å²) >= 11 is 0. The maximum atomic E-state index is 13.3. The summed E-state index contributed by atoms with van der Waals surface area (Å²) in [6.45, 7) is 6.87. The molecule has 2 aliphatic carbocycles. The molecular weight excluding hydrogens is 506 g/mol. The average Bonchev–Trinajstić information content (AvgIpc) is 2.93. The van der Waals surface area contributed by atoms with Crippen molar-refractivity contribution in [2.75, 3.05) is 0 Å². The summed E-state index contributed by atoms with van der Waals surface area (Å²) in [7, 11) is 0. The van der Waals surface area contributed by atoms with Gasteiger partial charge in [-0.2, -0.15) is 0 Å². The molecule has 3 atom stereocenters. The predicted molar refractivity (Wildman–Crippen MR) is 156 cm³/mol. The number of rotatable bonds is 11. The highest BCUT2D eigenvalue weighted by atomic mass is 16.6. The molecule has 2 saturated carbocycles. The van der Waals surface area contributed by atoms with Crippen LogP contribution in [0.25, 0.3) is 0 Å². The Balaban J connectivity index is 1.68. The lowest BCUT2D eigenvalue weighted by Crippen LogP contribution is -2.56. The van der Waals surface area contributed by atoms with Crippen LogP contribution in [0, 0.1) is 17.8 Å². The molecule has 0 saturated heterocycles. The number of hydrogen-bond acceptors (Lipinski definition) is 5. The van der Waals surface area contributed by atoms with Gasteiger partial charge in [-0.15, -0.1) is 0 Å². The molecular formula is C32H49N3O5. The Morgan fingerprint density at radius 2 is 1.40 bits per heavy atom. The molecule has 1 aromatic rings. The number of amides is 3. The van der Waals surface area contributed by atoms with Gasteiger partial charge in [-0.3, -0.25) is 9.59 Å². The molecule has 3 rings (SSSR count). The van der Waals surface area contributed by atoms with E-state index in [4.69, 9.17) is 4.74 Å². The number of aldehydes is 1. The van der Waals surface area contributed by atoms with Gasteiger partial charge in [0.15, 0.2) is 0 Å². The highest BCUT2D eigenvalue weighted by Crippen LogP contribution is 2.41. The largest absolute Gasteiger partial charge is 0.444 e. The monoisotopic (exact) mass is 555 g/mol. The second kappa shape index (κ2) is 15.2. The van der Waals surface area contributed by atoms with Crippen LogP contribution in [0.1, 0.15) is 97.5 Å². The van der Waals surface area contributed by atoms with E-state index in [0.29, 0.717) is 11.8 Å². The van der Waals surface area contributed by atoms with Crippen LogP contribution in [-0.4, -0.2) is 47.9 Å². The van der Waals surface area contributed by atoms with Gasteiger partial charge in [0.2, 0.25) is 11.8 Å². The van der Waals surface area contributed by atoms with Crippen molar-refractivity contribution in [3.8, 4) is 0 Å². The minimum absolute atomic E-state index is 0.129. The molecule has 3 amide bonds. The van der Waals surface area contributed by atoms with Gasteiger partial charge in [-0.25, -0.2) is 4.79 Å². The van der Waals surface area contributed by atoms with E-state index in [1.54, 1.807) is 27.7 Å². The molecule has 0 heterocycles. The average molecular weight is 556 g/mol. The molecule has 3 N–H and O–H groups in total. The predicted octanol–water partition coefficient (Wildman–Crippen LogP) is 5.09. The molecule has 8 nitrogen and oxygen atoms in total. The molecule has 0 aliphatic heterocycles. The first-order chi connectivity index (χ1) is 19.1. The lowest BCUT2D eigenvalue weighted by molar-refractivity contribution is -0.131. The minimum atomic E-state index is -0.938. The van der Waals surface area contributed by atoms with Crippen molar-refractivity contribution in [1.29, 1.82) is 0 Å². The summed E-state index contributed by atoms with van der Waals surface area (Å²) in [6, 6.07) is 6.96. The van der Waals surface area contributed by atoms with Crippen LogP contribution in [0.2, 0.25) is 0 Å². The van der Waals surface area contributed by atoms with Gasteiger partial charge in [-0.05, 0) is 51.0 Å². The van der Waals surface area contributed by atoms with E-state index in [1.165, 1.54) is 38.5 Å². The highest BCUT2D eigenvalue weighted by Gasteiger charge is 2.38. The van der Waals surface area contributed by atoms with Crippen molar-refractivity contribution in [2.45, 2.75) is 122 Å². The summed E-state index contributed by atoms with van der Waals surface area (Å²) < 4.78 is 5.37. The smallest absolute Gasteiger partial charge is 0.408 e. The molecule has 2 aliphatic rings. The van der Waals surface area contributed by atoms with Crippen LogP contribution in [0.15, 0.2) is 30.3 Å². The van der Waals surface area contributed by atoms with E-state index in [1.807, 2.05) is 30.3 Å². The van der Waals surface area contributed by atoms with Gasteiger partial charge < -0.3 is 25.5 Å². The number of hydrogen-bond donors (Lipinski definition) is 3. The molecule has 0 aromatic heterocycles. The summed E-state index contributed by atoms with van der Waals surface area (Å²) in [5, 5.41) is 8.41. The SMILES string of the molecule is C[C@H](NC(=O)[C@H](Cc1ccccc1)NC(=O)OC(C)(C)C)C(=O)N[C@H](C=O)C(C1CCCCC1)C1CCCCC1. The van der Waals surface area contributed by atoms with Crippen LogP contribution in [-0.2, 0) is 25.5 Å². The Kier molecular flexibility index (Phi) is 12.0. The third kappa shape index (κ3) is 9.93. The third-order valence-corrected chi connectivity index (χ3v) is 8.30. The van der Waals surface area contributed by atoms with E-state index in [9.17, 15) is 19.2 Å². The second-order valence-corrected chi connectivity index (χ2v) is 12.7. The summed E-state index contributed by atoms with van der Waals surface area (Å²) in [5.41, 5.74) is 0.141. The lowest BCUT2D eigenvalue weighted by atomic mass is 9.67. The number of nitrogens with one attached hydrogen (secondary N) is 3. The molecule has 1 aromatic carbocycles. The van der Waals surface area contributed by atoms with Crippen molar-refractivity contribution >= 4 is 24.2 Å². The normalized spacial score (nSPS) is 19.2. The Bertz CT molecular complexity index is 947. The summed E-state index contributed by atoms with van der Waals surface area (Å²) in [5.74, 6) is 0.120. The quantitative estimate of drug-likeness (QED) is 0.329. The molecule has 0 radical (unpaired) electrons. The van der Waals surface area contributed by atoms with E-state index in [0.717, 1.165) is 37.5 Å². The van der Waals surface area contributed by atoms with Crippen LogP contribution in [0.5, 0.6) is 0 Å². The first kappa shape index (κ1) is 31.6. The Labute approximate surface area is 239 Å². The van der Waals surface area contributed by atoms with Gasteiger partial charge >= 0.3 is 6.09 Å². The number of benzene rings is 1. The molecule has 0 bridgehead atoms. The molecule has 8 heteroatoms. The molecule has 2 fully saturated rings. The Morgan fingerprint density at radius 3 is 1.90 bits per heavy atom. The zero-order valence-electron chi connectivity index (χ0n) is 24.7.